The zero-order chi connectivity index (χ0) is 29.6. The number of halogens is 1. The molecule has 0 bridgehead atoms. The van der Waals surface area contributed by atoms with Crippen LogP contribution in [0.25, 0.3) is 5.52 Å². The van der Waals surface area contributed by atoms with Crippen molar-refractivity contribution in [1.82, 2.24) is 25.1 Å². The van der Waals surface area contributed by atoms with Gasteiger partial charge in [-0.2, -0.15) is 5.10 Å². The van der Waals surface area contributed by atoms with Gasteiger partial charge in [-0.3, -0.25) is 9.59 Å². The minimum absolute atomic E-state index is 0.0450. The first-order valence-electron chi connectivity index (χ1n) is 13.3. The fraction of sp³-hybridized carbons (Fsp3) is 0.500. The second kappa shape index (κ2) is 13.7. The Balaban J connectivity index is 1.87. The largest absolute Gasteiger partial charge is 0.497 e. The Morgan fingerprint density at radius 3 is 2.58 bits per heavy atom. The van der Waals surface area contributed by atoms with Crippen LogP contribution in [0.2, 0.25) is 0 Å². The predicted molar refractivity (Wildman–Crippen MR) is 161 cm³/mol. The molecule has 1 aliphatic heterocycles. The molecular weight excluding hydrogens is 551 g/mol. The molecule has 12 heteroatoms. The number of piperidine rings is 1. The number of fused-ring (bicyclic) bond motifs is 1. The van der Waals surface area contributed by atoms with Gasteiger partial charge < -0.3 is 25.1 Å². The number of methoxy groups -OCH3 is 1. The van der Waals surface area contributed by atoms with Gasteiger partial charge >= 0.3 is 0 Å². The number of rotatable bonds is 11. The lowest BCUT2D eigenvalue weighted by Gasteiger charge is -2.36. The Morgan fingerprint density at radius 2 is 2.00 bits per heavy atom. The van der Waals surface area contributed by atoms with Crippen molar-refractivity contribution in [1.29, 1.82) is 0 Å². The number of hydrogen-bond donors (Lipinski definition) is 2. The molecule has 0 radical (unpaired) electrons. The van der Waals surface area contributed by atoms with Crippen molar-refractivity contribution in [3.8, 4) is 0 Å². The molecular formula is C28H40FN5O4P2. The molecule has 218 valence electrons. The molecule has 9 nitrogen and oxygen atoms in total. The van der Waals surface area contributed by atoms with Gasteiger partial charge in [-0.05, 0) is 62.0 Å². The van der Waals surface area contributed by atoms with Gasteiger partial charge in [0.25, 0.3) is 11.8 Å². The summed E-state index contributed by atoms with van der Waals surface area (Å²) in [5, 5.41) is 8.52. The highest BCUT2D eigenvalue weighted by atomic mass is 31.1. The topological polar surface area (TPSA) is 105 Å². The summed E-state index contributed by atoms with van der Waals surface area (Å²) >= 11 is 0. The number of carbonyl (C=O) groups is 3. The number of nitrogens with one attached hydrogen (secondary N) is 2. The molecule has 3 atom stereocenters. The number of nitrogens with zero attached hydrogens (tertiary/aromatic N) is 3. The molecule has 0 spiro atoms. The number of carbonyl (C=O) groups excluding carboxylic acids is 3. The lowest BCUT2D eigenvalue weighted by atomic mass is 9.82. The standard InChI is InChI=1S/C28H40FN5O4P2/c1-17(30-4)15-23(38-5)21(10-14-35)16-31-26(36)24-19(3)25(34-22(24)7-6-11-32-34)18(2)20-8-12-33(13-9-20)27(37)28(29,39)40/h6-7,11,14-15,18,20,30H,8-10,12-13,16,39-40H2,1-5H3,(H,31,36)/b17-15-,23-21-/t18-/m0/s1. The number of ether oxygens (including phenoxy) is 1. The van der Waals surface area contributed by atoms with Crippen molar-refractivity contribution in [2.45, 2.75) is 51.1 Å². The van der Waals surface area contributed by atoms with Crippen LogP contribution in [0.5, 0.6) is 0 Å². The van der Waals surface area contributed by atoms with Crippen molar-refractivity contribution < 1.29 is 23.5 Å². The van der Waals surface area contributed by atoms with E-state index in [2.05, 4.69) is 22.7 Å². The van der Waals surface area contributed by atoms with E-state index in [1.165, 1.54) is 7.11 Å². The molecule has 0 saturated carbocycles. The Bertz CT molecular complexity index is 1310. The normalized spacial score (nSPS) is 16.4. The smallest absolute Gasteiger partial charge is 0.267 e. The number of alkyl halides is 1. The van der Waals surface area contributed by atoms with Crippen LogP contribution in [0.4, 0.5) is 4.39 Å². The van der Waals surface area contributed by atoms with Crippen LogP contribution in [0, 0.1) is 12.8 Å². The molecule has 2 unspecified atom stereocenters. The SMILES string of the molecule is CN/C(C)=C\C(OC)=C(/CC=O)CNC(=O)c1c(C)c([C@@H](C)C2CCN(C(=O)C(F)(P)P)CC2)n2ncccc12. The van der Waals surface area contributed by atoms with Gasteiger partial charge in [-0.25, -0.2) is 8.91 Å². The first-order chi connectivity index (χ1) is 18.9. The summed E-state index contributed by atoms with van der Waals surface area (Å²) < 4.78 is 21.5. The summed E-state index contributed by atoms with van der Waals surface area (Å²) in [5.41, 5.74) is 4.51. The van der Waals surface area contributed by atoms with E-state index in [1.807, 2.05) is 42.9 Å². The van der Waals surface area contributed by atoms with E-state index in [4.69, 9.17) is 4.74 Å². The van der Waals surface area contributed by atoms with E-state index in [0.29, 0.717) is 35.5 Å². The van der Waals surface area contributed by atoms with Gasteiger partial charge in [0.2, 0.25) is 5.15 Å². The summed E-state index contributed by atoms with van der Waals surface area (Å²) in [7, 11) is 7.20. The van der Waals surface area contributed by atoms with Gasteiger partial charge in [0.1, 0.15) is 12.0 Å². The van der Waals surface area contributed by atoms with Crippen molar-refractivity contribution in [3.05, 3.63) is 58.3 Å². The first kappa shape index (κ1) is 31.7. The molecule has 0 aliphatic carbocycles. The summed E-state index contributed by atoms with van der Waals surface area (Å²) in [5.74, 6) is -0.0177. The third kappa shape index (κ3) is 7.08. The minimum Gasteiger partial charge on any atom is -0.497 e. The van der Waals surface area contributed by atoms with Crippen molar-refractivity contribution >= 4 is 42.1 Å². The Kier molecular flexibility index (Phi) is 10.8. The van der Waals surface area contributed by atoms with Gasteiger partial charge in [0.05, 0.1) is 18.2 Å². The number of aromatic nitrogens is 2. The molecule has 2 amide bonds. The molecule has 1 fully saturated rings. The van der Waals surface area contributed by atoms with E-state index < -0.39 is 11.1 Å². The average molecular weight is 592 g/mol. The second-order valence-electron chi connectivity index (χ2n) is 10.2. The molecule has 0 aromatic carbocycles. The second-order valence-corrected chi connectivity index (χ2v) is 12.5. The molecule has 1 aliphatic rings. The maximum atomic E-state index is 14.1. The third-order valence-electron chi connectivity index (χ3n) is 7.62. The molecule has 1 saturated heterocycles. The van der Waals surface area contributed by atoms with Gasteiger partial charge in [-0.1, -0.05) is 25.4 Å². The van der Waals surface area contributed by atoms with Gasteiger partial charge in [-0.15, -0.1) is 0 Å². The van der Waals surface area contributed by atoms with E-state index >= 15 is 0 Å². The lowest BCUT2D eigenvalue weighted by Crippen LogP contribution is -2.44. The van der Waals surface area contributed by atoms with Crippen LogP contribution < -0.4 is 10.6 Å². The van der Waals surface area contributed by atoms with E-state index in [1.54, 1.807) is 30.3 Å². The maximum Gasteiger partial charge on any atom is 0.267 e. The minimum atomic E-state index is -2.05. The van der Waals surface area contributed by atoms with Crippen molar-refractivity contribution in [2.24, 2.45) is 5.92 Å². The molecule has 2 aromatic rings. The van der Waals surface area contributed by atoms with Crippen LogP contribution in [0.15, 0.2) is 41.4 Å². The van der Waals surface area contributed by atoms with E-state index in [0.717, 1.165) is 36.1 Å². The molecule has 3 heterocycles. The zero-order valence-corrected chi connectivity index (χ0v) is 26.1. The molecule has 2 aromatic heterocycles. The Labute approximate surface area is 239 Å². The highest BCUT2D eigenvalue weighted by Gasteiger charge is 2.36. The first-order valence-corrected chi connectivity index (χ1v) is 14.5. The van der Waals surface area contributed by atoms with Gasteiger partial charge in [0.15, 0.2) is 0 Å². The number of likely N-dealkylation sites (tertiary alicyclic amines) is 1. The number of amides is 2. The van der Waals surface area contributed by atoms with E-state index in [9.17, 15) is 18.8 Å². The average Bonchev–Trinajstić information content (AvgIpc) is 3.24. The van der Waals surface area contributed by atoms with Crippen LogP contribution in [0.3, 0.4) is 0 Å². The predicted octanol–water partition coefficient (Wildman–Crippen LogP) is 3.70. The van der Waals surface area contributed by atoms with Crippen LogP contribution >= 0.6 is 18.5 Å². The summed E-state index contributed by atoms with van der Waals surface area (Å²) in [4.78, 5) is 38.9. The number of hydrogen-bond acceptors (Lipinski definition) is 6. The highest BCUT2D eigenvalue weighted by molar-refractivity contribution is 7.41. The number of aldehydes is 1. The summed E-state index contributed by atoms with van der Waals surface area (Å²) in [6.45, 7) is 7.01. The fourth-order valence-corrected chi connectivity index (χ4v) is 5.70. The maximum absolute atomic E-state index is 14.1. The number of allylic oxidation sites excluding steroid dienone is 2. The lowest BCUT2D eigenvalue weighted by molar-refractivity contribution is -0.136. The quantitative estimate of drug-likeness (QED) is 0.179. The van der Waals surface area contributed by atoms with E-state index in [-0.39, 0.29) is 30.7 Å². The molecule has 2 N–H and O–H groups in total. The van der Waals surface area contributed by atoms with Crippen LogP contribution in [0.1, 0.15) is 60.6 Å². The zero-order valence-electron chi connectivity index (χ0n) is 23.8. The molecule has 40 heavy (non-hydrogen) atoms. The van der Waals surface area contributed by atoms with Crippen LogP contribution in [-0.4, -0.2) is 71.6 Å². The Hall–Kier alpha value is -2.83. The summed E-state index contributed by atoms with van der Waals surface area (Å²) in [6.07, 6.45) is 5.83. The summed E-state index contributed by atoms with van der Waals surface area (Å²) in [6, 6.07) is 3.66. The monoisotopic (exact) mass is 591 g/mol. The van der Waals surface area contributed by atoms with Gasteiger partial charge in [0, 0.05) is 56.6 Å². The molecule has 3 rings (SSSR count). The Morgan fingerprint density at radius 1 is 1.32 bits per heavy atom. The highest BCUT2D eigenvalue weighted by Crippen LogP contribution is 2.38. The fourth-order valence-electron chi connectivity index (χ4n) is 5.33. The van der Waals surface area contributed by atoms with Crippen LogP contribution in [-0.2, 0) is 14.3 Å². The third-order valence-corrected chi connectivity index (χ3v) is 8.11. The van der Waals surface area contributed by atoms with Crippen molar-refractivity contribution in [3.63, 3.8) is 0 Å². The van der Waals surface area contributed by atoms with Crippen molar-refractivity contribution in [2.75, 3.05) is 33.8 Å².